The second-order valence-corrected chi connectivity index (χ2v) is 5.81. The summed E-state index contributed by atoms with van der Waals surface area (Å²) >= 11 is 0. The number of nitrogens with zero attached hydrogens (tertiary/aromatic N) is 1. The molecule has 0 saturated heterocycles. The van der Waals surface area contributed by atoms with Crippen molar-refractivity contribution in [1.82, 2.24) is 0 Å². The van der Waals surface area contributed by atoms with Gasteiger partial charge in [-0.25, -0.2) is 4.79 Å². The minimum absolute atomic E-state index is 0.245. The topological polar surface area (TPSA) is 30.2 Å². The fourth-order valence-corrected chi connectivity index (χ4v) is 3.05. The van der Waals surface area contributed by atoms with Crippen molar-refractivity contribution in [2.45, 2.75) is 26.2 Å². The maximum absolute atomic E-state index is 12.6. The average molecular weight is 308 g/mol. The van der Waals surface area contributed by atoms with Gasteiger partial charge in [0.15, 0.2) is 0 Å². The van der Waals surface area contributed by atoms with Gasteiger partial charge < -0.3 is 4.74 Å². The van der Waals surface area contributed by atoms with Gasteiger partial charge in [0, 0.05) is 11.5 Å². The number of carbonyl (C=O) groups is 1. The third kappa shape index (κ3) is 2.91. The smallest absolute Gasteiger partial charge is 0.404 e. The number of unbranched alkanes of at least 4 members (excludes halogenated alkanes) is 2. The summed E-state index contributed by atoms with van der Waals surface area (Å²) in [6.45, 7) is 2.62. The predicted octanol–water partition coefficient (Wildman–Crippen LogP) is 4.16. The highest BCUT2D eigenvalue weighted by Gasteiger charge is 2.25. The number of esters is 1. The van der Waals surface area contributed by atoms with Crippen LogP contribution in [0.25, 0.3) is 21.7 Å². The van der Waals surface area contributed by atoms with Crippen molar-refractivity contribution < 1.29 is 14.1 Å². The Morgan fingerprint density at radius 1 is 0.957 bits per heavy atom. The number of hydrogen-bond donors (Lipinski definition) is 0. The summed E-state index contributed by atoms with van der Waals surface area (Å²) in [5.74, 6) is -0.245. The van der Waals surface area contributed by atoms with Gasteiger partial charge in [-0.2, -0.15) is 4.57 Å². The van der Waals surface area contributed by atoms with Crippen LogP contribution in [0, 0.1) is 0 Å². The van der Waals surface area contributed by atoms with E-state index in [1.807, 2.05) is 48.0 Å². The van der Waals surface area contributed by atoms with Crippen molar-refractivity contribution in [3.05, 3.63) is 54.2 Å². The molecule has 0 amide bonds. The van der Waals surface area contributed by atoms with E-state index in [2.05, 4.69) is 19.1 Å². The number of ether oxygens (including phenoxy) is 1. The Morgan fingerprint density at radius 3 is 2.35 bits per heavy atom. The first kappa shape index (κ1) is 15.5. The van der Waals surface area contributed by atoms with Gasteiger partial charge in [-0.15, -0.1) is 0 Å². The molecule has 3 nitrogen and oxygen atoms in total. The van der Waals surface area contributed by atoms with Crippen LogP contribution >= 0.6 is 0 Å². The lowest BCUT2D eigenvalue weighted by molar-refractivity contribution is -0.646. The van der Waals surface area contributed by atoms with Crippen LogP contribution in [0.3, 0.4) is 0 Å². The zero-order chi connectivity index (χ0) is 16.2. The lowest BCUT2D eigenvalue weighted by atomic mass is 10.0. The SMILES string of the molecule is CCCCCOC(=O)c1c2ccccc2c2ccccc2[n+]1C. The number of hydrogen-bond acceptors (Lipinski definition) is 2. The van der Waals surface area contributed by atoms with Crippen LogP contribution in [-0.4, -0.2) is 12.6 Å². The second-order valence-electron chi connectivity index (χ2n) is 5.81. The van der Waals surface area contributed by atoms with Gasteiger partial charge in [0.05, 0.1) is 17.4 Å². The van der Waals surface area contributed by atoms with Crippen LogP contribution < -0.4 is 4.57 Å². The number of pyridine rings is 1. The number of aromatic nitrogens is 1. The summed E-state index contributed by atoms with van der Waals surface area (Å²) < 4.78 is 7.45. The van der Waals surface area contributed by atoms with E-state index in [0.717, 1.165) is 40.9 Å². The number of para-hydroxylation sites is 1. The maximum Gasteiger partial charge on any atom is 0.404 e. The van der Waals surface area contributed by atoms with Gasteiger partial charge in [0.2, 0.25) is 5.52 Å². The molecule has 1 aromatic heterocycles. The molecule has 3 heteroatoms. The van der Waals surface area contributed by atoms with E-state index in [-0.39, 0.29) is 5.97 Å². The molecule has 0 bridgehead atoms. The Labute approximate surface area is 136 Å². The molecule has 0 N–H and O–H groups in total. The highest BCUT2D eigenvalue weighted by Crippen LogP contribution is 2.25. The highest BCUT2D eigenvalue weighted by molar-refractivity contribution is 6.11. The lowest BCUT2D eigenvalue weighted by Gasteiger charge is -2.09. The third-order valence-electron chi connectivity index (χ3n) is 4.25. The molecular formula is C20H22NO2+. The molecule has 0 aliphatic heterocycles. The predicted molar refractivity (Wildman–Crippen MR) is 92.4 cm³/mol. The molecule has 0 fully saturated rings. The lowest BCUT2D eigenvalue weighted by Crippen LogP contribution is -2.38. The second kappa shape index (κ2) is 6.78. The summed E-state index contributed by atoms with van der Waals surface area (Å²) in [4.78, 5) is 12.6. The first-order valence-electron chi connectivity index (χ1n) is 8.20. The van der Waals surface area contributed by atoms with Crippen LogP contribution in [0.2, 0.25) is 0 Å². The molecule has 0 aliphatic rings. The maximum atomic E-state index is 12.6. The van der Waals surface area contributed by atoms with Gasteiger partial charge >= 0.3 is 5.97 Å². The van der Waals surface area contributed by atoms with E-state index >= 15 is 0 Å². The third-order valence-corrected chi connectivity index (χ3v) is 4.25. The molecule has 0 radical (unpaired) electrons. The van der Waals surface area contributed by atoms with Crippen molar-refractivity contribution in [3.8, 4) is 0 Å². The largest absolute Gasteiger partial charge is 0.458 e. The molecule has 0 unspecified atom stereocenters. The molecular weight excluding hydrogens is 286 g/mol. The van der Waals surface area contributed by atoms with Crippen LogP contribution in [-0.2, 0) is 11.8 Å². The average Bonchev–Trinajstić information content (AvgIpc) is 2.59. The molecule has 23 heavy (non-hydrogen) atoms. The van der Waals surface area contributed by atoms with Crippen molar-refractivity contribution in [3.63, 3.8) is 0 Å². The Balaban J connectivity index is 2.11. The molecule has 1 heterocycles. The first-order valence-corrected chi connectivity index (χ1v) is 8.20. The number of fused-ring (bicyclic) bond motifs is 3. The summed E-state index contributed by atoms with van der Waals surface area (Å²) in [5, 5.41) is 3.17. The molecule has 0 saturated carbocycles. The summed E-state index contributed by atoms with van der Waals surface area (Å²) in [7, 11) is 1.93. The van der Waals surface area contributed by atoms with E-state index in [1.54, 1.807) is 0 Å². The zero-order valence-corrected chi connectivity index (χ0v) is 13.7. The van der Waals surface area contributed by atoms with Crippen molar-refractivity contribution in [2.24, 2.45) is 7.05 Å². The fraction of sp³-hybridized carbons (Fsp3) is 0.300. The molecule has 0 spiro atoms. The Bertz CT molecular complexity index is 855. The zero-order valence-electron chi connectivity index (χ0n) is 13.7. The standard InChI is InChI=1S/C20H22NO2/c1-3-4-9-14-23-20(22)19-17-12-6-5-10-15(17)16-11-7-8-13-18(16)21(19)2/h5-8,10-13H,3-4,9,14H2,1-2H3/q+1. The normalized spacial score (nSPS) is 11.0. The van der Waals surface area contributed by atoms with E-state index in [9.17, 15) is 4.79 Å². The quantitative estimate of drug-likeness (QED) is 0.306. The van der Waals surface area contributed by atoms with E-state index in [1.165, 1.54) is 0 Å². The van der Waals surface area contributed by atoms with Crippen LogP contribution in [0.4, 0.5) is 0 Å². The minimum atomic E-state index is -0.245. The van der Waals surface area contributed by atoms with Gasteiger partial charge in [0.1, 0.15) is 7.05 Å². The van der Waals surface area contributed by atoms with E-state index in [0.29, 0.717) is 12.3 Å². The van der Waals surface area contributed by atoms with Gasteiger partial charge in [-0.05, 0) is 18.6 Å². The monoisotopic (exact) mass is 308 g/mol. The summed E-state index contributed by atoms with van der Waals surface area (Å²) in [6.07, 6.45) is 3.11. The summed E-state index contributed by atoms with van der Waals surface area (Å²) in [6, 6.07) is 16.2. The van der Waals surface area contributed by atoms with Crippen molar-refractivity contribution in [1.29, 1.82) is 0 Å². The number of aryl methyl sites for hydroxylation is 1. The van der Waals surface area contributed by atoms with Gasteiger partial charge in [-0.3, -0.25) is 0 Å². The van der Waals surface area contributed by atoms with Gasteiger partial charge in [0.25, 0.3) is 5.69 Å². The fourth-order valence-electron chi connectivity index (χ4n) is 3.05. The van der Waals surface area contributed by atoms with Crippen LogP contribution in [0.5, 0.6) is 0 Å². The molecule has 3 rings (SSSR count). The first-order chi connectivity index (χ1) is 11.2. The number of carbonyl (C=O) groups excluding carboxylic acids is 1. The Morgan fingerprint density at radius 2 is 1.61 bits per heavy atom. The van der Waals surface area contributed by atoms with Crippen molar-refractivity contribution in [2.75, 3.05) is 6.61 Å². The molecule has 118 valence electrons. The number of benzene rings is 2. The molecule has 0 aliphatic carbocycles. The van der Waals surface area contributed by atoms with E-state index < -0.39 is 0 Å². The molecule has 2 aromatic carbocycles. The van der Waals surface area contributed by atoms with Crippen LogP contribution in [0.1, 0.15) is 36.7 Å². The Kier molecular flexibility index (Phi) is 4.56. The molecule has 0 atom stereocenters. The van der Waals surface area contributed by atoms with E-state index in [4.69, 9.17) is 4.74 Å². The summed E-state index contributed by atoms with van der Waals surface area (Å²) in [5.41, 5.74) is 1.66. The Hall–Kier alpha value is -2.42. The van der Waals surface area contributed by atoms with Gasteiger partial charge in [-0.1, -0.05) is 50.1 Å². The molecule has 3 aromatic rings. The number of rotatable bonds is 5. The van der Waals surface area contributed by atoms with Crippen molar-refractivity contribution >= 4 is 27.6 Å². The highest BCUT2D eigenvalue weighted by atomic mass is 16.5. The van der Waals surface area contributed by atoms with Crippen LogP contribution in [0.15, 0.2) is 48.5 Å². The minimum Gasteiger partial charge on any atom is -0.458 e.